The Kier molecular flexibility index (Phi) is 8.31. The summed E-state index contributed by atoms with van der Waals surface area (Å²) in [6.45, 7) is 1.79. The number of aromatic nitrogens is 2. The zero-order valence-electron chi connectivity index (χ0n) is 19.4. The Bertz CT molecular complexity index is 1390. The van der Waals surface area contributed by atoms with E-state index in [4.69, 9.17) is 34.8 Å². The highest BCUT2D eigenvalue weighted by Crippen LogP contribution is 2.33. The van der Waals surface area contributed by atoms with Crippen LogP contribution in [0.1, 0.15) is 34.5 Å². The molecule has 6 nitrogen and oxygen atoms in total. The first-order valence-corrected chi connectivity index (χ1v) is 12.4. The number of benzene rings is 3. The van der Waals surface area contributed by atoms with Crippen LogP contribution in [0, 0.1) is 6.92 Å². The summed E-state index contributed by atoms with van der Waals surface area (Å²) in [7, 11) is 0. The fraction of sp³-hybridized carbons (Fsp3) is 0.148. The lowest BCUT2D eigenvalue weighted by Gasteiger charge is -2.11. The van der Waals surface area contributed by atoms with Crippen molar-refractivity contribution in [3.05, 3.63) is 105 Å². The number of halogens is 3. The van der Waals surface area contributed by atoms with Gasteiger partial charge in [0.25, 0.3) is 5.91 Å². The Morgan fingerprint density at radius 3 is 2.28 bits per heavy atom. The van der Waals surface area contributed by atoms with Gasteiger partial charge in [-0.15, -0.1) is 0 Å². The molecule has 1 heterocycles. The fourth-order valence-electron chi connectivity index (χ4n) is 3.83. The molecule has 1 aromatic heterocycles. The molecule has 0 aliphatic carbocycles. The molecule has 0 aliphatic heterocycles. The van der Waals surface area contributed by atoms with Crippen molar-refractivity contribution in [3.8, 4) is 16.9 Å². The number of hydrazine groups is 1. The quantitative estimate of drug-likeness (QED) is 0.259. The first-order valence-electron chi connectivity index (χ1n) is 11.3. The third-order valence-corrected chi connectivity index (χ3v) is 6.41. The molecule has 0 saturated heterocycles. The minimum absolute atomic E-state index is 0.149. The van der Waals surface area contributed by atoms with E-state index in [-0.39, 0.29) is 18.0 Å². The summed E-state index contributed by atoms with van der Waals surface area (Å²) < 4.78 is 1.59. The maximum absolute atomic E-state index is 13.0. The number of hydrogen-bond donors (Lipinski definition) is 2. The van der Waals surface area contributed by atoms with Crippen LogP contribution < -0.4 is 10.9 Å². The molecule has 9 heteroatoms. The summed E-state index contributed by atoms with van der Waals surface area (Å²) in [6, 6.07) is 22.1. The van der Waals surface area contributed by atoms with Crippen molar-refractivity contribution in [1.29, 1.82) is 0 Å². The van der Waals surface area contributed by atoms with Crippen molar-refractivity contribution in [3.63, 3.8) is 0 Å². The molecule has 4 aromatic rings. The Hall–Kier alpha value is -3.32. The van der Waals surface area contributed by atoms with Crippen LogP contribution in [0.15, 0.2) is 72.8 Å². The van der Waals surface area contributed by atoms with Gasteiger partial charge >= 0.3 is 0 Å². The number of rotatable bonds is 7. The fourth-order valence-corrected chi connectivity index (χ4v) is 4.45. The molecule has 3 aromatic carbocycles. The van der Waals surface area contributed by atoms with E-state index >= 15 is 0 Å². The minimum Gasteiger partial charge on any atom is -0.273 e. The number of amides is 2. The Balaban J connectivity index is 1.53. The van der Waals surface area contributed by atoms with E-state index in [0.717, 1.165) is 17.5 Å². The van der Waals surface area contributed by atoms with E-state index in [0.29, 0.717) is 38.4 Å². The molecule has 0 bridgehead atoms. The molecule has 36 heavy (non-hydrogen) atoms. The molecule has 0 spiro atoms. The van der Waals surface area contributed by atoms with Gasteiger partial charge in [0.1, 0.15) is 0 Å². The molecule has 0 unspecified atom stereocenters. The van der Waals surface area contributed by atoms with E-state index in [2.05, 4.69) is 16.0 Å². The standard InChI is InChI=1S/C27H23Cl3N4O2/c1-17-25(27(36)32-31-24(35)9-5-8-18-6-3-2-4-7-18)33-34(23-15-14-21(29)16-22(23)30)26(17)19-10-12-20(28)13-11-19/h2-4,6-7,10-16H,5,8-9H2,1H3,(H,31,35)(H,32,36). The Labute approximate surface area is 224 Å². The topological polar surface area (TPSA) is 76.0 Å². The summed E-state index contributed by atoms with van der Waals surface area (Å²) in [6.07, 6.45) is 1.71. The van der Waals surface area contributed by atoms with Gasteiger partial charge in [0, 0.05) is 27.6 Å². The van der Waals surface area contributed by atoms with Gasteiger partial charge in [-0.25, -0.2) is 4.68 Å². The van der Waals surface area contributed by atoms with Crippen LogP contribution in [0.5, 0.6) is 0 Å². The highest BCUT2D eigenvalue weighted by Gasteiger charge is 2.23. The highest BCUT2D eigenvalue weighted by atomic mass is 35.5. The number of aryl methyl sites for hydroxylation is 1. The molecule has 0 fully saturated rings. The van der Waals surface area contributed by atoms with Gasteiger partial charge in [-0.1, -0.05) is 77.3 Å². The molecule has 0 radical (unpaired) electrons. The van der Waals surface area contributed by atoms with Gasteiger partial charge in [0.2, 0.25) is 5.91 Å². The van der Waals surface area contributed by atoms with Gasteiger partial charge in [0.15, 0.2) is 5.69 Å². The number of nitrogens with zero attached hydrogens (tertiary/aromatic N) is 2. The first kappa shape index (κ1) is 25.8. The minimum atomic E-state index is -0.539. The van der Waals surface area contributed by atoms with Crippen molar-refractivity contribution in [2.75, 3.05) is 0 Å². The van der Waals surface area contributed by atoms with Gasteiger partial charge in [-0.05, 0) is 55.7 Å². The van der Waals surface area contributed by atoms with Crippen LogP contribution in [-0.4, -0.2) is 21.6 Å². The van der Waals surface area contributed by atoms with Crippen LogP contribution in [0.4, 0.5) is 0 Å². The maximum Gasteiger partial charge on any atom is 0.290 e. The third kappa shape index (κ3) is 6.08. The van der Waals surface area contributed by atoms with Crippen molar-refractivity contribution >= 4 is 46.6 Å². The lowest BCUT2D eigenvalue weighted by atomic mass is 10.1. The lowest BCUT2D eigenvalue weighted by molar-refractivity contribution is -0.121. The molecule has 184 valence electrons. The summed E-state index contributed by atoms with van der Waals surface area (Å²) in [5.41, 5.74) is 8.88. The number of carbonyl (C=O) groups is 2. The molecule has 0 saturated carbocycles. The maximum atomic E-state index is 13.0. The van der Waals surface area contributed by atoms with Crippen molar-refractivity contribution in [1.82, 2.24) is 20.6 Å². The van der Waals surface area contributed by atoms with Crippen LogP contribution >= 0.6 is 34.8 Å². The van der Waals surface area contributed by atoms with Crippen LogP contribution in [0.2, 0.25) is 15.1 Å². The zero-order valence-corrected chi connectivity index (χ0v) is 21.7. The predicted molar refractivity (Wildman–Crippen MR) is 144 cm³/mol. The molecule has 2 N–H and O–H groups in total. The van der Waals surface area contributed by atoms with Crippen molar-refractivity contribution < 1.29 is 9.59 Å². The van der Waals surface area contributed by atoms with E-state index < -0.39 is 5.91 Å². The average Bonchev–Trinajstić information content (AvgIpc) is 3.20. The predicted octanol–water partition coefficient (Wildman–Crippen LogP) is 6.59. The molecule has 0 atom stereocenters. The SMILES string of the molecule is Cc1c(C(=O)NNC(=O)CCCc2ccccc2)nn(-c2ccc(Cl)cc2Cl)c1-c1ccc(Cl)cc1. The van der Waals surface area contributed by atoms with E-state index in [9.17, 15) is 9.59 Å². The Morgan fingerprint density at radius 1 is 0.889 bits per heavy atom. The first-order chi connectivity index (χ1) is 17.3. The molecule has 2 amide bonds. The third-order valence-electron chi connectivity index (χ3n) is 5.62. The van der Waals surface area contributed by atoms with Crippen molar-refractivity contribution in [2.45, 2.75) is 26.2 Å². The van der Waals surface area contributed by atoms with Crippen LogP contribution in [-0.2, 0) is 11.2 Å². The lowest BCUT2D eigenvalue weighted by Crippen LogP contribution is -2.42. The molecular weight excluding hydrogens is 519 g/mol. The monoisotopic (exact) mass is 540 g/mol. The summed E-state index contributed by atoms with van der Waals surface area (Å²) in [5.74, 6) is -0.821. The van der Waals surface area contributed by atoms with E-state index in [1.807, 2.05) is 42.5 Å². The molecular formula is C27H23Cl3N4O2. The number of hydrogen-bond acceptors (Lipinski definition) is 3. The molecule has 4 rings (SSSR count). The van der Waals surface area contributed by atoms with E-state index in [1.54, 1.807) is 41.9 Å². The van der Waals surface area contributed by atoms with Gasteiger partial charge < -0.3 is 0 Å². The second-order valence-corrected chi connectivity index (χ2v) is 9.46. The molecule has 0 aliphatic rings. The largest absolute Gasteiger partial charge is 0.290 e. The zero-order chi connectivity index (χ0) is 25.7. The second kappa shape index (κ2) is 11.6. The van der Waals surface area contributed by atoms with Crippen LogP contribution in [0.3, 0.4) is 0 Å². The van der Waals surface area contributed by atoms with Gasteiger partial charge in [-0.2, -0.15) is 5.10 Å². The summed E-state index contributed by atoms with van der Waals surface area (Å²) >= 11 is 18.6. The normalized spacial score (nSPS) is 10.8. The summed E-state index contributed by atoms with van der Waals surface area (Å²) in [5, 5.41) is 5.98. The Morgan fingerprint density at radius 2 is 1.58 bits per heavy atom. The average molecular weight is 542 g/mol. The van der Waals surface area contributed by atoms with Gasteiger partial charge in [0.05, 0.1) is 16.4 Å². The van der Waals surface area contributed by atoms with Crippen LogP contribution in [0.25, 0.3) is 16.9 Å². The van der Waals surface area contributed by atoms with Crippen molar-refractivity contribution in [2.24, 2.45) is 0 Å². The second-order valence-electron chi connectivity index (χ2n) is 8.18. The smallest absolute Gasteiger partial charge is 0.273 e. The summed E-state index contributed by atoms with van der Waals surface area (Å²) in [4.78, 5) is 25.3. The number of nitrogens with one attached hydrogen (secondary N) is 2. The van der Waals surface area contributed by atoms with Gasteiger partial charge in [-0.3, -0.25) is 20.4 Å². The number of carbonyl (C=O) groups excluding carboxylic acids is 2. The highest BCUT2D eigenvalue weighted by molar-refractivity contribution is 6.35. The van der Waals surface area contributed by atoms with E-state index in [1.165, 1.54) is 0 Å².